The molecule has 2 N–H and O–H groups in total. The maximum Gasteiger partial charge on any atom is 0.271 e. The number of likely N-dealkylation sites (tertiary alicyclic amines) is 2. The molecule has 1 aromatic rings. The molecule has 4 heterocycles. The van der Waals surface area contributed by atoms with Gasteiger partial charge in [0.1, 0.15) is 0 Å². The predicted molar refractivity (Wildman–Crippen MR) is 103 cm³/mol. The lowest BCUT2D eigenvalue weighted by Crippen LogP contribution is -2.46. The van der Waals surface area contributed by atoms with Crippen molar-refractivity contribution < 1.29 is 4.79 Å². The third kappa shape index (κ3) is 2.81. The quantitative estimate of drug-likeness (QED) is 0.871. The zero-order chi connectivity index (χ0) is 17.5. The highest BCUT2D eigenvalue weighted by Gasteiger charge is 2.35. The van der Waals surface area contributed by atoms with Crippen LogP contribution in [-0.2, 0) is 0 Å². The lowest BCUT2D eigenvalue weighted by atomic mass is 9.91. The molecule has 0 bridgehead atoms. The Morgan fingerprint density at radius 2 is 1.92 bits per heavy atom. The third-order valence-electron chi connectivity index (χ3n) is 6.50. The third-order valence-corrected chi connectivity index (χ3v) is 6.50. The zero-order valence-corrected chi connectivity index (χ0v) is 15.2. The smallest absolute Gasteiger partial charge is 0.271 e. The molecule has 2 fully saturated rings. The molecular weight excluding hydrogens is 326 g/mol. The molecule has 4 aliphatic heterocycles. The van der Waals surface area contributed by atoms with Crippen molar-refractivity contribution in [3.8, 4) is 0 Å². The number of piperidine rings is 1. The zero-order valence-electron chi connectivity index (χ0n) is 15.2. The lowest BCUT2D eigenvalue weighted by molar-refractivity contribution is 0.0955. The van der Waals surface area contributed by atoms with E-state index in [2.05, 4.69) is 31.7 Å². The van der Waals surface area contributed by atoms with Gasteiger partial charge in [-0.3, -0.25) is 9.69 Å². The average molecular weight is 353 g/mol. The SMILES string of the molecule is O=C1NN=C(CN2CCC(N3CCCC3)CC2)C2CNc3cccc1c32. The van der Waals surface area contributed by atoms with Gasteiger partial charge in [0.25, 0.3) is 5.91 Å². The fourth-order valence-electron chi connectivity index (χ4n) is 5.08. The van der Waals surface area contributed by atoms with E-state index in [4.69, 9.17) is 0 Å². The highest BCUT2D eigenvalue weighted by atomic mass is 16.2. The number of amides is 1. The topological polar surface area (TPSA) is 60.0 Å². The normalized spacial score (nSPS) is 26.8. The number of hydrogen-bond donors (Lipinski definition) is 2. The van der Waals surface area contributed by atoms with Crippen molar-refractivity contribution in [1.82, 2.24) is 15.2 Å². The van der Waals surface area contributed by atoms with Gasteiger partial charge in [0.15, 0.2) is 0 Å². The van der Waals surface area contributed by atoms with E-state index in [0.29, 0.717) is 0 Å². The van der Waals surface area contributed by atoms with Gasteiger partial charge < -0.3 is 10.2 Å². The first kappa shape index (κ1) is 16.3. The van der Waals surface area contributed by atoms with Gasteiger partial charge in [-0.25, -0.2) is 5.43 Å². The van der Waals surface area contributed by atoms with Gasteiger partial charge in [-0.15, -0.1) is 0 Å². The highest BCUT2D eigenvalue weighted by Crippen LogP contribution is 2.36. The minimum atomic E-state index is -0.0849. The van der Waals surface area contributed by atoms with E-state index in [1.807, 2.05) is 12.1 Å². The van der Waals surface area contributed by atoms with Crippen LogP contribution in [0.15, 0.2) is 23.3 Å². The number of rotatable bonds is 3. The van der Waals surface area contributed by atoms with Crippen LogP contribution in [0.4, 0.5) is 5.69 Å². The summed E-state index contributed by atoms with van der Waals surface area (Å²) in [7, 11) is 0. The number of benzene rings is 1. The number of carbonyl (C=O) groups is 1. The fraction of sp³-hybridized carbons (Fsp3) is 0.600. The Hall–Kier alpha value is -1.92. The van der Waals surface area contributed by atoms with Crippen LogP contribution < -0.4 is 10.7 Å². The molecule has 26 heavy (non-hydrogen) atoms. The second-order valence-corrected chi connectivity index (χ2v) is 7.99. The molecule has 1 amide bonds. The first-order valence-electron chi connectivity index (χ1n) is 9.99. The summed E-state index contributed by atoms with van der Waals surface area (Å²) >= 11 is 0. The molecule has 1 aromatic carbocycles. The van der Waals surface area contributed by atoms with Crippen LogP contribution in [0.25, 0.3) is 0 Å². The van der Waals surface area contributed by atoms with Crippen LogP contribution in [0.3, 0.4) is 0 Å². The Labute approximate surface area is 154 Å². The second-order valence-electron chi connectivity index (χ2n) is 7.99. The van der Waals surface area contributed by atoms with Crippen LogP contribution in [0.5, 0.6) is 0 Å². The molecule has 5 rings (SSSR count). The summed E-state index contributed by atoms with van der Waals surface area (Å²) in [6.07, 6.45) is 5.25. The van der Waals surface area contributed by atoms with Crippen molar-refractivity contribution in [2.24, 2.45) is 5.10 Å². The van der Waals surface area contributed by atoms with Gasteiger partial charge in [-0.05, 0) is 56.5 Å². The van der Waals surface area contributed by atoms with E-state index >= 15 is 0 Å². The Morgan fingerprint density at radius 3 is 2.73 bits per heavy atom. The van der Waals surface area contributed by atoms with E-state index in [9.17, 15) is 4.79 Å². The van der Waals surface area contributed by atoms with E-state index in [-0.39, 0.29) is 11.8 Å². The van der Waals surface area contributed by atoms with E-state index < -0.39 is 0 Å². The predicted octanol–water partition coefficient (Wildman–Crippen LogP) is 1.86. The summed E-state index contributed by atoms with van der Waals surface area (Å²) in [5.74, 6) is 0.120. The summed E-state index contributed by atoms with van der Waals surface area (Å²) in [6.45, 7) is 6.52. The second kappa shape index (κ2) is 6.67. The van der Waals surface area contributed by atoms with Gasteiger partial charge in [-0.2, -0.15) is 5.10 Å². The molecule has 2 saturated heterocycles. The van der Waals surface area contributed by atoms with Crippen molar-refractivity contribution in [2.75, 3.05) is 44.6 Å². The Morgan fingerprint density at radius 1 is 1.12 bits per heavy atom. The Bertz CT molecular complexity index is 732. The van der Waals surface area contributed by atoms with E-state index in [0.717, 1.165) is 54.7 Å². The molecule has 138 valence electrons. The largest absolute Gasteiger partial charge is 0.384 e. The van der Waals surface area contributed by atoms with Gasteiger partial charge in [0.05, 0.1) is 5.71 Å². The monoisotopic (exact) mass is 353 g/mol. The van der Waals surface area contributed by atoms with Crippen molar-refractivity contribution in [1.29, 1.82) is 0 Å². The summed E-state index contributed by atoms with van der Waals surface area (Å²) in [4.78, 5) is 17.6. The maximum absolute atomic E-state index is 12.4. The van der Waals surface area contributed by atoms with Gasteiger partial charge >= 0.3 is 0 Å². The van der Waals surface area contributed by atoms with Crippen molar-refractivity contribution in [3.05, 3.63) is 29.3 Å². The van der Waals surface area contributed by atoms with Crippen LogP contribution in [0.1, 0.15) is 47.5 Å². The first-order valence-corrected chi connectivity index (χ1v) is 9.99. The van der Waals surface area contributed by atoms with Gasteiger partial charge in [0, 0.05) is 49.4 Å². The lowest BCUT2D eigenvalue weighted by Gasteiger charge is -2.37. The summed E-state index contributed by atoms with van der Waals surface area (Å²) in [6, 6.07) is 6.69. The standard InChI is InChI=1S/C20H27N5O/c26-20-15-4-3-5-17-19(15)16(12-21-17)18(22-23-20)13-24-10-6-14(7-11-24)25-8-1-2-9-25/h3-5,14,16,21H,1-2,6-13H2,(H,23,26). The number of hydrogen-bond acceptors (Lipinski definition) is 5. The van der Waals surface area contributed by atoms with Crippen LogP contribution in [-0.4, -0.2) is 66.7 Å². The molecule has 4 aliphatic rings. The van der Waals surface area contributed by atoms with Crippen LogP contribution >= 0.6 is 0 Å². The first-order chi connectivity index (χ1) is 12.8. The number of hydrazone groups is 1. The molecule has 1 unspecified atom stereocenters. The van der Waals surface area contributed by atoms with Crippen LogP contribution in [0, 0.1) is 0 Å². The highest BCUT2D eigenvalue weighted by molar-refractivity contribution is 6.06. The summed E-state index contributed by atoms with van der Waals surface area (Å²) in [5.41, 5.74) is 6.85. The number of nitrogens with one attached hydrogen (secondary N) is 2. The Balaban J connectivity index is 1.29. The molecule has 0 spiro atoms. The fourth-order valence-corrected chi connectivity index (χ4v) is 5.08. The molecule has 6 nitrogen and oxygen atoms in total. The van der Waals surface area contributed by atoms with Crippen molar-refractivity contribution >= 4 is 17.3 Å². The minimum Gasteiger partial charge on any atom is -0.384 e. The van der Waals surface area contributed by atoms with Gasteiger partial charge in [-0.1, -0.05) is 6.07 Å². The molecule has 6 heteroatoms. The molecule has 1 atom stereocenters. The maximum atomic E-state index is 12.4. The molecule has 0 aliphatic carbocycles. The molecule has 0 radical (unpaired) electrons. The summed E-state index contributed by atoms with van der Waals surface area (Å²) < 4.78 is 0. The van der Waals surface area contributed by atoms with Crippen molar-refractivity contribution in [2.45, 2.75) is 37.6 Å². The number of nitrogens with zero attached hydrogens (tertiary/aromatic N) is 3. The van der Waals surface area contributed by atoms with Gasteiger partial charge in [0.2, 0.25) is 0 Å². The van der Waals surface area contributed by atoms with E-state index in [1.54, 1.807) is 0 Å². The minimum absolute atomic E-state index is 0.0849. The molecule has 0 saturated carbocycles. The Kier molecular flexibility index (Phi) is 4.17. The van der Waals surface area contributed by atoms with E-state index in [1.165, 1.54) is 38.8 Å². The average Bonchev–Trinajstić information content (AvgIpc) is 3.32. The van der Waals surface area contributed by atoms with Crippen LogP contribution in [0.2, 0.25) is 0 Å². The molecular formula is C20H27N5O. The summed E-state index contributed by atoms with van der Waals surface area (Å²) in [5, 5.41) is 7.98. The van der Waals surface area contributed by atoms with Crippen molar-refractivity contribution in [3.63, 3.8) is 0 Å². The molecule has 0 aromatic heterocycles. The number of anilines is 1. The number of carbonyl (C=O) groups excluding carboxylic acids is 1.